The Morgan fingerprint density at radius 1 is 1.33 bits per heavy atom. The van der Waals surface area contributed by atoms with Gasteiger partial charge in [-0.05, 0) is 18.8 Å². The van der Waals surface area contributed by atoms with Gasteiger partial charge in [0.25, 0.3) is 0 Å². The fourth-order valence-corrected chi connectivity index (χ4v) is 1.05. The zero-order valence-electron chi connectivity index (χ0n) is 6.27. The summed E-state index contributed by atoms with van der Waals surface area (Å²) in [5, 5.41) is 8.49. The molecule has 0 heterocycles. The molecule has 1 rings (SSSR count). The van der Waals surface area contributed by atoms with Gasteiger partial charge < -0.3 is 10.8 Å². The van der Waals surface area contributed by atoms with Crippen LogP contribution in [0.2, 0.25) is 0 Å². The maximum atomic E-state index is 12.1. The third kappa shape index (κ3) is 1.84. The van der Waals surface area contributed by atoms with E-state index in [2.05, 4.69) is 0 Å². The Morgan fingerprint density at radius 2 is 1.75 bits per heavy atom. The molecule has 0 amide bonds. The van der Waals surface area contributed by atoms with Crippen molar-refractivity contribution in [3.8, 4) is 0 Å². The fourth-order valence-electron chi connectivity index (χ4n) is 1.05. The highest BCUT2D eigenvalue weighted by atomic mass is 35.5. The summed E-state index contributed by atoms with van der Waals surface area (Å²) in [4.78, 5) is 0. The van der Waals surface area contributed by atoms with Gasteiger partial charge >= 0.3 is 6.18 Å². The molecule has 0 aromatic carbocycles. The third-order valence-corrected chi connectivity index (χ3v) is 2.10. The maximum Gasteiger partial charge on any atom is 0.408 e. The van der Waals surface area contributed by atoms with Crippen molar-refractivity contribution < 1.29 is 18.3 Å². The first-order valence-electron chi connectivity index (χ1n) is 3.38. The zero-order chi connectivity index (χ0) is 8.70. The van der Waals surface area contributed by atoms with Crippen molar-refractivity contribution in [3.63, 3.8) is 0 Å². The SMILES string of the molecule is Cl.NC(CO)(C1CC1)C(F)(F)F. The van der Waals surface area contributed by atoms with Gasteiger partial charge in [0.15, 0.2) is 0 Å². The number of alkyl halides is 3. The molecular formula is C6H11ClF3NO. The predicted molar refractivity (Wildman–Crippen MR) is 40.0 cm³/mol. The van der Waals surface area contributed by atoms with Gasteiger partial charge in [-0.1, -0.05) is 0 Å². The molecule has 12 heavy (non-hydrogen) atoms. The average molecular weight is 206 g/mol. The predicted octanol–water partition coefficient (Wildman–Crippen LogP) is 1.07. The van der Waals surface area contributed by atoms with Gasteiger partial charge in [-0.25, -0.2) is 0 Å². The summed E-state index contributed by atoms with van der Waals surface area (Å²) < 4.78 is 36.3. The van der Waals surface area contributed by atoms with Crippen molar-refractivity contribution in [2.75, 3.05) is 6.61 Å². The van der Waals surface area contributed by atoms with Crippen LogP contribution in [0.4, 0.5) is 13.2 Å². The molecule has 1 atom stereocenters. The monoisotopic (exact) mass is 205 g/mol. The smallest absolute Gasteiger partial charge is 0.394 e. The number of halogens is 4. The molecule has 1 fully saturated rings. The van der Waals surface area contributed by atoms with Crippen LogP contribution in [0.15, 0.2) is 0 Å². The highest BCUT2D eigenvalue weighted by Gasteiger charge is 2.59. The number of rotatable bonds is 2. The van der Waals surface area contributed by atoms with Crippen molar-refractivity contribution in [1.29, 1.82) is 0 Å². The van der Waals surface area contributed by atoms with Crippen LogP contribution >= 0.6 is 12.4 Å². The summed E-state index contributed by atoms with van der Waals surface area (Å²) in [6.07, 6.45) is -3.55. The summed E-state index contributed by atoms with van der Waals surface area (Å²) in [5.74, 6) is -0.576. The molecule has 3 N–H and O–H groups in total. The molecule has 0 saturated heterocycles. The van der Waals surface area contributed by atoms with Gasteiger partial charge in [0.1, 0.15) is 5.54 Å². The van der Waals surface area contributed by atoms with Gasteiger partial charge in [-0.15, -0.1) is 12.4 Å². The summed E-state index contributed by atoms with van der Waals surface area (Å²) >= 11 is 0. The van der Waals surface area contributed by atoms with Crippen LogP contribution in [-0.4, -0.2) is 23.4 Å². The van der Waals surface area contributed by atoms with Crippen LogP contribution in [0.3, 0.4) is 0 Å². The average Bonchev–Trinajstić information content (AvgIpc) is 2.64. The molecule has 6 heteroatoms. The van der Waals surface area contributed by atoms with Gasteiger partial charge in [0.2, 0.25) is 0 Å². The fraction of sp³-hybridized carbons (Fsp3) is 1.00. The van der Waals surface area contributed by atoms with E-state index in [1.165, 1.54) is 0 Å². The Labute approximate surface area is 74.3 Å². The van der Waals surface area contributed by atoms with Gasteiger partial charge in [0, 0.05) is 0 Å². The van der Waals surface area contributed by atoms with Crippen LogP contribution in [0.1, 0.15) is 12.8 Å². The summed E-state index contributed by atoms with van der Waals surface area (Å²) in [5.41, 5.74) is 2.65. The van der Waals surface area contributed by atoms with Crippen molar-refractivity contribution in [2.24, 2.45) is 11.7 Å². The molecule has 1 saturated carbocycles. The lowest BCUT2D eigenvalue weighted by Gasteiger charge is -2.29. The number of aliphatic hydroxyl groups is 1. The molecule has 1 unspecified atom stereocenters. The van der Waals surface area contributed by atoms with E-state index >= 15 is 0 Å². The Hall–Kier alpha value is -0.0000000000000000555. The molecule has 74 valence electrons. The van der Waals surface area contributed by atoms with Crippen molar-refractivity contribution in [1.82, 2.24) is 0 Å². The van der Waals surface area contributed by atoms with E-state index in [9.17, 15) is 13.2 Å². The van der Waals surface area contributed by atoms with E-state index in [1.807, 2.05) is 0 Å². The van der Waals surface area contributed by atoms with Crippen LogP contribution in [0, 0.1) is 5.92 Å². The molecule has 2 nitrogen and oxygen atoms in total. The van der Waals surface area contributed by atoms with E-state index in [0.29, 0.717) is 12.8 Å². The highest BCUT2D eigenvalue weighted by Crippen LogP contribution is 2.46. The summed E-state index contributed by atoms with van der Waals surface area (Å²) in [6, 6.07) is 0. The van der Waals surface area contributed by atoms with Crippen LogP contribution in [0.5, 0.6) is 0 Å². The molecule has 1 aliphatic rings. The Morgan fingerprint density at radius 3 is 1.83 bits per heavy atom. The summed E-state index contributed by atoms with van der Waals surface area (Å²) in [7, 11) is 0. The Kier molecular flexibility index (Phi) is 3.40. The van der Waals surface area contributed by atoms with Gasteiger partial charge in [-0.2, -0.15) is 13.2 Å². The first-order chi connectivity index (χ1) is 4.92. The second-order valence-corrected chi connectivity index (χ2v) is 2.97. The number of nitrogens with two attached hydrogens (primary N) is 1. The molecule has 1 aliphatic carbocycles. The minimum atomic E-state index is -4.48. The lowest BCUT2D eigenvalue weighted by molar-refractivity contribution is -0.202. The van der Waals surface area contributed by atoms with E-state index < -0.39 is 24.2 Å². The minimum Gasteiger partial charge on any atom is -0.394 e. The molecule has 0 spiro atoms. The lowest BCUT2D eigenvalue weighted by atomic mass is 9.95. The van der Waals surface area contributed by atoms with Gasteiger partial charge in [0.05, 0.1) is 6.61 Å². The Bertz CT molecular complexity index is 159. The lowest BCUT2D eigenvalue weighted by Crippen LogP contribution is -2.58. The number of hydrogen-bond donors (Lipinski definition) is 2. The van der Waals surface area contributed by atoms with Crippen LogP contribution in [-0.2, 0) is 0 Å². The number of aliphatic hydroxyl groups excluding tert-OH is 1. The Balaban J connectivity index is 0.00000121. The summed E-state index contributed by atoms with van der Waals surface area (Å²) in [6.45, 7) is -1.01. The molecule has 0 aromatic heterocycles. The second kappa shape index (κ2) is 3.40. The molecular weight excluding hydrogens is 195 g/mol. The van der Waals surface area contributed by atoms with Crippen molar-refractivity contribution in [2.45, 2.75) is 24.6 Å². The van der Waals surface area contributed by atoms with Gasteiger partial charge in [-0.3, -0.25) is 0 Å². The third-order valence-electron chi connectivity index (χ3n) is 2.10. The van der Waals surface area contributed by atoms with E-state index in [0.717, 1.165) is 0 Å². The number of hydrogen-bond acceptors (Lipinski definition) is 2. The first-order valence-corrected chi connectivity index (χ1v) is 3.38. The standard InChI is InChI=1S/C6H10F3NO.ClH/c7-6(8,9)5(10,3-11)4-1-2-4;/h4,11H,1-3,10H2;1H. The minimum absolute atomic E-state index is 0. The molecule has 0 aliphatic heterocycles. The van der Waals surface area contributed by atoms with E-state index in [4.69, 9.17) is 10.8 Å². The molecule has 0 bridgehead atoms. The molecule has 0 aromatic rings. The maximum absolute atomic E-state index is 12.1. The normalized spacial score (nSPS) is 22.8. The van der Waals surface area contributed by atoms with E-state index in [-0.39, 0.29) is 12.4 Å². The quantitative estimate of drug-likeness (QED) is 0.709. The zero-order valence-corrected chi connectivity index (χ0v) is 7.08. The van der Waals surface area contributed by atoms with Crippen LogP contribution in [0.25, 0.3) is 0 Å². The largest absolute Gasteiger partial charge is 0.408 e. The van der Waals surface area contributed by atoms with E-state index in [1.54, 1.807) is 0 Å². The van der Waals surface area contributed by atoms with Crippen molar-refractivity contribution in [3.05, 3.63) is 0 Å². The highest BCUT2D eigenvalue weighted by molar-refractivity contribution is 5.85. The molecule has 0 radical (unpaired) electrons. The van der Waals surface area contributed by atoms with Crippen molar-refractivity contribution >= 4 is 12.4 Å². The first kappa shape index (κ1) is 12.0. The topological polar surface area (TPSA) is 46.2 Å². The second-order valence-electron chi connectivity index (χ2n) is 2.97. The van der Waals surface area contributed by atoms with Crippen LogP contribution < -0.4 is 5.73 Å².